The molecule has 2 aliphatic heterocycles. The van der Waals surface area contributed by atoms with Gasteiger partial charge in [0, 0.05) is 79.1 Å². The molecule has 10 rings (SSSR count). The average Bonchev–Trinajstić information content (AvgIpc) is 4.09. The van der Waals surface area contributed by atoms with Gasteiger partial charge in [-0.2, -0.15) is 0 Å². The Balaban J connectivity index is 1.17. The Hall–Kier alpha value is -4.53. The molecule has 4 aliphatic rings. The summed E-state index contributed by atoms with van der Waals surface area (Å²) in [5, 5.41) is 77.4. The Morgan fingerprint density at radius 2 is 1.72 bits per heavy atom. The molecule has 6 aromatic rings. The molecule has 17 heteroatoms. The van der Waals surface area contributed by atoms with Crippen LogP contribution in [0.5, 0.6) is 28.7 Å². The van der Waals surface area contributed by atoms with Crippen LogP contribution in [0.1, 0.15) is 101 Å². The first-order chi connectivity index (χ1) is 39.4. The lowest BCUT2D eigenvalue weighted by molar-refractivity contribution is -0.150. The van der Waals surface area contributed by atoms with E-state index in [1.165, 1.54) is 10.8 Å². The fraction of sp³-hybridized carbons (Fsp3) is 0.484. The van der Waals surface area contributed by atoms with Crippen molar-refractivity contribution in [1.29, 1.82) is 0 Å². The minimum absolute atomic E-state index is 0.00728. The summed E-state index contributed by atoms with van der Waals surface area (Å²) < 4.78 is 25.0. The monoisotopic (exact) mass is 1180 g/mol. The van der Waals surface area contributed by atoms with Crippen LogP contribution in [0.25, 0.3) is 10.8 Å². The molecule has 0 saturated heterocycles. The van der Waals surface area contributed by atoms with E-state index in [0.717, 1.165) is 81.2 Å². The highest BCUT2D eigenvalue weighted by Gasteiger charge is 2.61. The Bertz CT molecular complexity index is 3110. The molecule has 2 saturated carbocycles. The van der Waals surface area contributed by atoms with Crippen LogP contribution < -0.4 is 19.5 Å². The number of aliphatic hydroxyl groups is 4. The summed E-state index contributed by atoms with van der Waals surface area (Å²) >= 11 is 0. The number of aromatic hydroxyl groups is 2. The molecule has 2 bridgehead atoms. The number of aromatic amines is 1. The summed E-state index contributed by atoms with van der Waals surface area (Å²) in [7, 11) is 9.88. The number of aromatic nitrogens is 1. The Labute approximate surface area is 491 Å². The number of ether oxygens (including phenoxy) is 4. The highest BCUT2D eigenvalue weighted by molar-refractivity contribution is 8.77. The summed E-state index contributed by atoms with van der Waals surface area (Å²) in [5.41, 5.74) is 5.89. The van der Waals surface area contributed by atoms with Gasteiger partial charge in [0.05, 0.1) is 36.6 Å². The van der Waals surface area contributed by atoms with E-state index in [4.69, 9.17) is 18.9 Å². The first kappa shape index (κ1) is 59.6. The molecule has 13 nitrogen and oxygen atoms in total. The summed E-state index contributed by atoms with van der Waals surface area (Å²) in [6.45, 7) is 5.05. The number of aryl methyl sites for hydroxylation is 1. The van der Waals surface area contributed by atoms with Gasteiger partial charge in [0.1, 0.15) is 11.9 Å². The quantitative estimate of drug-likeness (QED) is 0.0378. The normalized spacial score (nSPS) is 27.3. The van der Waals surface area contributed by atoms with Crippen molar-refractivity contribution in [1.82, 2.24) is 10.3 Å². The van der Waals surface area contributed by atoms with Crippen molar-refractivity contribution >= 4 is 59.7 Å². The van der Waals surface area contributed by atoms with Gasteiger partial charge in [-0.1, -0.05) is 98.6 Å². The number of H-pyrrole nitrogens is 1. The number of hydrogen-bond donors (Lipinski definition) is 8. The summed E-state index contributed by atoms with van der Waals surface area (Å²) in [4.78, 5) is 20.6. The summed E-state index contributed by atoms with van der Waals surface area (Å²) in [6, 6.07) is 26.9. The number of benzene rings is 5. The van der Waals surface area contributed by atoms with Crippen LogP contribution in [-0.2, 0) is 47.2 Å². The number of phenolic OH excluding ortho intramolecular Hbond substituents is 2. The standard InChI is InChI=1S/C64H78N2O11S4/c1-5-40-12-13-41-8-7-9-49-57(31-67)81-80-34-46-26-58(71)64(47-21-39(29-65-3)22-48(69)27-47,52-35-79-78-33-44-11-10-38(32-75-6-2)23-55(44)77-56-25-43(52)15-17-54(56)76-36-68)63(73)60(46)61(72)45(20-37-18-19-66-30-37)24-42-14-16-53(70)62(74-4)51(42)28-50(40)59(41)49/h7-9,12-19,21-22,25,27,30,38,44-46,52,55,57-58,60-61,65-72H,5-6,10-11,20,23-24,26,28-29,31-36H2,1-4H3/t38-,44-,45-,46+,52-,55+,57+,58-,60-,61+,64+/m1/s1. The number of methoxy groups -OCH3 is 1. The van der Waals surface area contributed by atoms with Gasteiger partial charge < -0.3 is 59.9 Å². The summed E-state index contributed by atoms with van der Waals surface area (Å²) in [6.07, 6.45) is 5.70. The van der Waals surface area contributed by atoms with Crippen molar-refractivity contribution in [2.24, 2.45) is 29.6 Å². The van der Waals surface area contributed by atoms with Crippen molar-refractivity contribution in [3.8, 4) is 28.7 Å². The van der Waals surface area contributed by atoms with Crippen molar-refractivity contribution in [3.63, 3.8) is 0 Å². The third-order valence-corrected chi connectivity index (χ3v) is 23.1. The molecule has 0 unspecified atom stereocenters. The number of fused-ring (bicyclic) bond motifs is 5. The number of rotatable bonds is 14. The van der Waals surface area contributed by atoms with Crippen LogP contribution in [0, 0.1) is 29.6 Å². The van der Waals surface area contributed by atoms with E-state index < -0.39 is 48.1 Å². The lowest BCUT2D eigenvalue weighted by Gasteiger charge is -2.52. The van der Waals surface area contributed by atoms with Crippen molar-refractivity contribution in [3.05, 3.63) is 147 Å². The molecule has 81 heavy (non-hydrogen) atoms. The molecule has 8 N–H and O–H groups in total. The van der Waals surface area contributed by atoms with E-state index in [2.05, 4.69) is 41.5 Å². The lowest BCUT2D eigenvalue weighted by atomic mass is 9.52. The zero-order valence-electron chi connectivity index (χ0n) is 46.7. The van der Waals surface area contributed by atoms with Gasteiger partial charge in [-0.25, -0.2) is 0 Å². The Morgan fingerprint density at radius 1 is 0.877 bits per heavy atom. The molecule has 2 fully saturated rings. The van der Waals surface area contributed by atoms with E-state index in [-0.39, 0.29) is 47.6 Å². The first-order valence-electron chi connectivity index (χ1n) is 28.6. The Morgan fingerprint density at radius 3 is 2.48 bits per heavy atom. The SMILES string of the molecule is CCOC[C@@H]1CC[C@@H]2CSSC[C@@H]([C@]3(c4cc(O)cc(CNC)c4)C(=O)[C@@H]4[C@H](CSS[C@@H](CO)c5cccc6ccc(CC)c(c56)Cc5c(ccc(O)c5OC)C[C@@H](Cc5cc[nH]c5)[C@@H]4O)C[C@H]3O)c3ccc(OCO)c(c3)O[C@H]2C1. The minimum atomic E-state index is -1.75. The number of carbonyl (C=O) groups is 1. The van der Waals surface area contributed by atoms with Crippen LogP contribution in [-0.4, -0.2) is 118 Å². The number of phenols is 2. The molecule has 0 radical (unpaired) electrons. The fourth-order valence-electron chi connectivity index (χ4n) is 13.9. The maximum absolute atomic E-state index is 17.3. The van der Waals surface area contributed by atoms with Crippen LogP contribution >= 0.6 is 43.2 Å². The molecule has 1 aromatic heterocycles. The Kier molecular flexibility index (Phi) is 19.9. The number of carbonyl (C=O) groups excluding carboxylic acids is 1. The van der Waals surface area contributed by atoms with Gasteiger partial charge in [0.25, 0.3) is 0 Å². The molecule has 2 aliphatic carbocycles. The molecule has 5 aromatic carbocycles. The number of Topliss-reactive ketones (excluding diaryl/α,β-unsaturated/α-hetero) is 1. The smallest absolute Gasteiger partial charge is 0.186 e. The zero-order valence-corrected chi connectivity index (χ0v) is 49.9. The predicted molar refractivity (Wildman–Crippen MR) is 327 cm³/mol. The molecule has 3 heterocycles. The molecular weight excluding hydrogens is 1100 g/mol. The van der Waals surface area contributed by atoms with Gasteiger partial charge in [0.15, 0.2) is 35.6 Å². The lowest BCUT2D eigenvalue weighted by Crippen LogP contribution is -2.62. The highest BCUT2D eigenvalue weighted by Crippen LogP contribution is 2.57. The maximum atomic E-state index is 17.3. The van der Waals surface area contributed by atoms with E-state index >= 15 is 4.79 Å². The molecule has 434 valence electrons. The van der Waals surface area contributed by atoms with Crippen LogP contribution in [0.15, 0.2) is 97.3 Å². The van der Waals surface area contributed by atoms with Gasteiger partial charge in [-0.15, -0.1) is 0 Å². The van der Waals surface area contributed by atoms with E-state index in [0.29, 0.717) is 84.8 Å². The van der Waals surface area contributed by atoms with Gasteiger partial charge in [-0.3, -0.25) is 4.79 Å². The maximum Gasteiger partial charge on any atom is 0.186 e. The predicted octanol–water partition coefficient (Wildman–Crippen LogP) is 10.9. The van der Waals surface area contributed by atoms with Crippen molar-refractivity contribution in [2.45, 2.75) is 107 Å². The van der Waals surface area contributed by atoms with E-state index in [1.807, 2.05) is 62.8 Å². The largest absolute Gasteiger partial charge is 0.508 e. The van der Waals surface area contributed by atoms with E-state index in [1.54, 1.807) is 63.8 Å². The van der Waals surface area contributed by atoms with Crippen LogP contribution in [0.4, 0.5) is 0 Å². The van der Waals surface area contributed by atoms with Gasteiger partial charge >= 0.3 is 0 Å². The van der Waals surface area contributed by atoms with Crippen LogP contribution in [0.2, 0.25) is 0 Å². The van der Waals surface area contributed by atoms with Crippen molar-refractivity contribution < 1.29 is 54.4 Å². The molecule has 0 amide bonds. The third kappa shape index (κ3) is 12.4. The summed E-state index contributed by atoms with van der Waals surface area (Å²) in [5.74, 6) is -0.157. The molecule has 0 spiro atoms. The van der Waals surface area contributed by atoms with E-state index in [9.17, 15) is 30.6 Å². The number of hydrogen-bond acceptors (Lipinski definition) is 16. The topological polar surface area (TPSA) is 203 Å². The number of nitrogens with one attached hydrogen (secondary N) is 2. The minimum Gasteiger partial charge on any atom is -0.508 e. The first-order valence-corrected chi connectivity index (χ1v) is 33.5. The zero-order chi connectivity index (χ0) is 56.8. The second kappa shape index (κ2) is 27.0. The van der Waals surface area contributed by atoms with Crippen molar-refractivity contribution in [2.75, 3.05) is 58.0 Å². The second-order valence-electron chi connectivity index (χ2n) is 22.4. The van der Waals surface area contributed by atoms with Crippen LogP contribution in [0.3, 0.4) is 0 Å². The van der Waals surface area contributed by atoms with Gasteiger partial charge in [-0.05, 0) is 168 Å². The fourth-order valence-corrected chi connectivity index (χ4v) is 19.6. The molecule has 11 atom stereocenters. The number of ketones is 1. The number of aliphatic hydroxyl groups excluding tert-OH is 4. The average molecular weight is 1180 g/mol. The molecular formula is C64H78N2O11S4. The third-order valence-electron chi connectivity index (χ3n) is 17.7. The van der Waals surface area contributed by atoms with Gasteiger partial charge in [0.2, 0.25) is 0 Å². The second-order valence-corrected chi connectivity index (χ2v) is 27.6. The highest BCUT2D eigenvalue weighted by atomic mass is 33.1.